The van der Waals surface area contributed by atoms with E-state index < -0.39 is 0 Å². The lowest BCUT2D eigenvalue weighted by atomic mass is 10.4. The molecule has 12 heavy (non-hydrogen) atoms. The lowest BCUT2D eigenvalue weighted by Crippen LogP contribution is -2.08. The Bertz CT molecular complexity index is 467. The molecule has 0 bridgehead atoms. The van der Waals surface area contributed by atoms with Gasteiger partial charge in [0.15, 0.2) is 0 Å². The average Bonchev–Trinajstić information content (AvgIpc) is 2.48. The maximum Gasteiger partial charge on any atom is 0.203 e. The molecule has 0 aliphatic carbocycles. The minimum atomic E-state index is 0.337. The van der Waals surface area contributed by atoms with Crippen LogP contribution in [0.1, 0.15) is 0 Å². The van der Waals surface area contributed by atoms with E-state index in [-0.39, 0.29) is 0 Å². The molecule has 0 atom stereocenters. The zero-order valence-corrected chi connectivity index (χ0v) is 6.52. The number of nitrogens with zero attached hydrogens (tertiary/aromatic N) is 3. The summed E-state index contributed by atoms with van der Waals surface area (Å²) in [6, 6.07) is 1.84. The van der Waals surface area contributed by atoms with Crippen LogP contribution in [-0.4, -0.2) is 19.7 Å². The molecule has 62 valence electrons. The van der Waals surface area contributed by atoms with Gasteiger partial charge in [0.25, 0.3) is 0 Å². The zero-order chi connectivity index (χ0) is 8.55. The normalized spacial score (nSPS) is 12.6. The van der Waals surface area contributed by atoms with Gasteiger partial charge in [-0.15, -0.1) is 0 Å². The predicted octanol–water partition coefficient (Wildman–Crippen LogP) is 0.191. The second kappa shape index (κ2) is 2.37. The minimum Gasteiger partial charge on any atom is -0.409 e. The van der Waals surface area contributed by atoms with Crippen LogP contribution in [0.3, 0.4) is 0 Å². The van der Waals surface area contributed by atoms with Crippen molar-refractivity contribution in [2.45, 2.75) is 0 Å². The third-order valence-corrected chi connectivity index (χ3v) is 1.80. The molecule has 0 aliphatic heterocycles. The lowest BCUT2D eigenvalue weighted by molar-refractivity contribution is 0.299. The molecule has 0 saturated heterocycles. The van der Waals surface area contributed by atoms with Crippen LogP contribution in [0.5, 0.6) is 0 Å². The van der Waals surface area contributed by atoms with Crippen LogP contribution < -0.4 is 5.49 Å². The summed E-state index contributed by atoms with van der Waals surface area (Å²) in [6.45, 7) is 0. The fourth-order valence-corrected chi connectivity index (χ4v) is 1.19. The van der Waals surface area contributed by atoms with E-state index in [1.807, 2.05) is 23.9 Å². The molecular weight excluding hydrogens is 156 g/mol. The number of nitrogens with one attached hydrogen (secondary N) is 1. The SMILES string of the molecule is Cn1ccc2/c(=N/O)nc[nH]c21. The molecule has 0 saturated carbocycles. The summed E-state index contributed by atoms with van der Waals surface area (Å²) in [5.74, 6) is 0. The first kappa shape index (κ1) is 6.90. The van der Waals surface area contributed by atoms with Crippen molar-refractivity contribution in [2.24, 2.45) is 12.2 Å². The molecule has 5 nitrogen and oxygen atoms in total. The Kier molecular flexibility index (Phi) is 1.36. The highest BCUT2D eigenvalue weighted by Crippen LogP contribution is 2.04. The number of aromatic nitrogens is 3. The quantitative estimate of drug-likeness (QED) is 0.431. The van der Waals surface area contributed by atoms with Gasteiger partial charge in [0, 0.05) is 13.2 Å². The van der Waals surface area contributed by atoms with E-state index in [1.54, 1.807) is 0 Å². The van der Waals surface area contributed by atoms with Crippen LogP contribution in [0.25, 0.3) is 11.0 Å². The van der Waals surface area contributed by atoms with E-state index >= 15 is 0 Å². The van der Waals surface area contributed by atoms with Gasteiger partial charge in [0.05, 0.1) is 11.7 Å². The Morgan fingerprint density at radius 2 is 2.50 bits per heavy atom. The molecule has 5 heteroatoms. The first-order valence-electron chi connectivity index (χ1n) is 3.50. The highest BCUT2D eigenvalue weighted by molar-refractivity contribution is 5.74. The van der Waals surface area contributed by atoms with Gasteiger partial charge >= 0.3 is 0 Å². The largest absolute Gasteiger partial charge is 0.409 e. The Balaban J connectivity index is 3.01. The molecule has 2 N–H and O–H groups in total. The molecule has 0 radical (unpaired) electrons. The van der Waals surface area contributed by atoms with Crippen molar-refractivity contribution in [2.75, 3.05) is 0 Å². The van der Waals surface area contributed by atoms with Crippen molar-refractivity contribution < 1.29 is 5.21 Å². The number of aryl methyl sites for hydroxylation is 1. The van der Waals surface area contributed by atoms with E-state index in [1.165, 1.54) is 6.33 Å². The van der Waals surface area contributed by atoms with Crippen LogP contribution in [-0.2, 0) is 7.05 Å². The molecule has 0 amide bonds. The summed E-state index contributed by atoms with van der Waals surface area (Å²) in [6.07, 6.45) is 3.37. The van der Waals surface area contributed by atoms with E-state index in [9.17, 15) is 0 Å². The number of hydrogen-bond donors (Lipinski definition) is 2. The summed E-state index contributed by atoms with van der Waals surface area (Å²) in [5.41, 5.74) is 1.22. The topological polar surface area (TPSA) is 66.2 Å². The first-order valence-corrected chi connectivity index (χ1v) is 3.50. The summed E-state index contributed by atoms with van der Waals surface area (Å²) >= 11 is 0. The number of hydrogen-bond acceptors (Lipinski definition) is 3. The Morgan fingerprint density at radius 3 is 3.25 bits per heavy atom. The van der Waals surface area contributed by atoms with Crippen molar-refractivity contribution in [1.29, 1.82) is 0 Å². The molecular formula is C7H8N4O. The lowest BCUT2D eigenvalue weighted by Gasteiger charge is -1.93. The maximum absolute atomic E-state index is 8.58. The Hall–Kier alpha value is -1.78. The number of H-pyrrole nitrogens is 1. The number of aromatic amines is 1. The third-order valence-electron chi connectivity index (χ3n) is 1.80. The van der Waals surface area contributed by atoms with Crippen LogP contribution in [0.4, 0.5) is 0 Å². The molecule has 2 heterocycles. The molecule has 2 aromatic heterocycles. The van der Waals surface area contributed by atoms with Crippen molar-refractivity contribution in [1.82, 2.24) is 14.5 Å². The van der Waals surface area contributed by atoms with Crippen molar-refractivity contribution in [3.8, 4) is 0 Å². The molecule has 0 fully saturated rings. The molecule has 2 aromatic rings. The minimum absolute atomic E-state index is 0.337. The van der Waals surface area contributed by atoms with Gasteiger partial charge in [-0.1, -0.05) is 5.16 Å². The fraction of sp³-hybridized carbons (Fsp3) is 0.143. The molecule has 0 aliphatic rings. The molecule has 0 aromatic carbocycles. The second-order valence-electron chi connectivity index (χ2n) is 2.52. The third kappa shape index (κ3) is 0.795. The standard InChI is InChI=1S/C7H8N4O/c1-11-3-2-5-6(10-12)8-4-9-7(5)11/h2-4,12H,1H3,(H,8,9,10). The Labute approximate surface area is 68.0 Å². The summed E-state index contributed by atoms with van der Waals surface area (Å²) in [4.78, 5) is 6.81. The summed E-state index contributed by atoms with van der Waals surface area (Å²) in [7, 11) is 1.90. The summed E-state index contributed by atoms with van der Waals surface area (Å²) in [5, 5.41) is 12.5. The number of rotatable bonds is 0. The highest BCUT2D eigenvalue weighted by Gasteiger charge is 1.99. The second-order valence-corrected chi connectivity index (χ2v) is 2.52. The van der Waals surface area contributed by atoms with E-state index in [2.05, 4.69) is 15.1 Å². The highest BCUT2D eigenvalue weighted by atomic mass is 16.4. The van der Waals surface area contributed by atoms with Crippen LogP contribution in [0.15, 0.2) is 23.7 Å². The van der Waals surface area contributed by atoms with Gasteiger partial charge < -0.3 is 14.8 Å². The van der Waals surface area contributed by atoms with Crippen LogP contribution in [0.2, 0.25) is 0 Å². The van der Waals surface area contributed by atoms with E-state index in [0.717, 1.165) is 11.0 Å². The fourth-order valence-electron chi connectivity index (χ4n) is 1.19. The van der Waals surface area contributed by atoms with E-state index in [4.69, 9.17) is 5.21 Å². The van der Waals surface area contributed by atoms with Crippen LogP contribution >= 0.6 is 0 Å². The molecule has 2 rings (SSSR count). The van der Waals surface area contributed by atoms with Crippen molar-refractivity contribution >= 4 is 11.0 Å². The predicted molar refractivity (Wildman–Crippen MR) is 42.4 cm³/mol. The summed E-state index contributed by atoms with van der Waals surface area (Å²) < 4.78 is 1.89. The van der Waals surface area contributed by atoms with Crippen molar-refractivity contribution in [3.63, 3.8) is 0 Å². The van der Waals surface area contributed by atoms with Gasteiger partial charge in [-0.2, -0.15) is 0 Å². The van der Waals surface area contributed by atoms with Gasteiger partial charge in [-0.25, -0.2) is 4.98 Å². The smallest absolute Gasteiger partial charge is 0.203 e. The van der Waals surface area contributed by atoms with Gasteiger partial charge in [-0.3, -0.25) is 0 Å². The van der Waals surface area contributed by atoms with E-state index in [0.29, 0.717) is 5.49 Å². The van der Waals surface area contributed by atoms with Gasteiger partial charge in [0.1, 0.15) is 5.65 Å². The molecule has 0 spiro atoms. The van der Waals surface area contributed by atoms with Gasteiger partial charge in [0.2, 0.25) is 5.49 Å². The van der Waals surface area contributed by atoms with Crippen molar-refractivity contribution in [3.05, 3.63) is 24.1 Å². The first-order chi connectivity index (χ1) is 5.83. The maximum atomic E-state index is 8.58. The number of fused-ring (bicyclic) bond motifs is 1. The molecule has 0 unspecified atom stereocenters. The monoisotopic (exact) mass is 164 g/mol. The average molecular weight is 164 g/mol. The Morgan fingerprint density at radius 1 is 1.67 bits per heavy atom. The zero-order valence-electron chi connectivity index (χ0n) is 6.52. The van der Waals surface area contributed by atoms with Gasteiger partial charge in [-0.05, 0) is 6.07 Å². The van der Waals surface area contributed by atoms with Crippen LogP contribution in [0, 0.1) is 0 Å².